The van der Waals surface area contributed by atoms with Gasteiger partial charge >= 0.3 is 0 Å². The van der Waals surface area contributed by atoms with Crippen LogP contribution in [0.4, 0.5) is 0 Å². The number of rotatable bonds is 12. The summed E-state index contributed by atoms with van der Waals surface area (Å²) in [5, 5.41) is 21.2. The molecule has 0 spiro atoms. The summed E-state index contributed by atoms with van der Waals surface area (Å²) < 4.78 is 11.3. The Bertz CT molecular complexity index is 867. The van der Waals surface area contributed by atoms with E-state index in [2.05, 4.69) is 39.2 Å². The molecule has 0 heterocycles. The van der Waals surface area contributed by atoms with Gasteiger partial charge in [0.05, 0.1) is 24.8 Å². The van der Waals surface area contributed by atoms with Crippen LogP contribution in [0.1, 0.15) is 63.2 Å². The molecule has 1 aromatic rings. The summed E-state index contributed by atoms with van der Waals surface area (Å²) in [4.78, 5) is 25.0. The Morgan fingerprint density at radius 2 is 1.73 bits per heavy atom. The van der Waals surface area contributed by atoms with E-state index in [1.54, 1.807) is 24.3 Å². The monoisotopic (exact) mass is 471 g/mol. The molecule has 8 heteroatoms. The first-order chi connectivity index (χ1) is 15.5. The number of methoxy groups -OCH3 is 1. The summed E-state index contributed by atoms with van der Waals surface area (Å²) in [5.41, 5.74) is 0.253. The van der Waals surface area contributed by atoms with Gasteiger partial charge in [0.2, 0.25) is 5.91 Å². The van der Waals surface area contributed by atoms with E-state index in [1.165, 1.54) is 7.11 Å². The van der Waals surface area contributed by atoms with Crippen LogP contribution in [-0.2, 0) is 9.22 Å². The van der Waals surface area contributed by atoms with Crippen molar-refractivity contribution in [2.24, 2.45) is 11.8 Å². The predicted molar refractivity (Wildman–Crippen MR) is 130 cm³/mol. The Hall–Kier alpha value is -2.68. The van der Waals surface area contributed by atoms with Crippen molar-refractivity contribution < 1.29 is 18.8 Å². The molecule has 0 aromatic heterocycles. The Morgan fingerprint density at radius 1 is 1.09 bits per heavy atom. The third kappa shape index (κ3) is 8.99. The molecule has 0 radical (unpaired) electrons. The number of unbranched alkanes of at least 4 members (excludes halogenated alkanes) is 2. The smallest absolute Gasteiger partial charge is 0.261 e. The molecule has 0 bridgehead atoms. The molecule has 1 N–H and O–H groups in total. The highest BCUT2D eigenvalue weighted by Gasteiger charge is 2.36. The maximum Gasteiger partial charge on any atom is 0.261 e. The van der Waals surface area contributed by atoms with E-state index in [-0.39, 0.29) is 17.0 Å². The van der Waals surface area contributed by atoms with E-state index >= 15 is 0 Å². The minimum atomic E-state index is -1.77. The molecule has 0 unspecified atom stereocenters. The Labute approximate surface area is 199 Å². The van der Waals surface area contributed by atoms with Gasteiger partial charge in [-0.3, -0.25) is 14.9 Å². The number of carbonyl (C=O) groups excluding carboxylic acids is 2. The number of nitriles is 2. The maximum atomic E-state index is 12.5. The average Bonchev–Trinajstić information content (AvgIpc) is 2.75. The van der Waals surface area contributed by atoms with Crippen LogP contribution in [0.15, 0.2) is 24.3 Å². The second kappa shape index (κ2) is 13.1. The fourth-order valence-electron chi connectivity index (χ4n) is 3.17. The Balaban J connectivity index is 2.60. The largest absolute Gasteiger partial charge is 0.496 e. The number of imide groups is 1. The first-order valence-electron chi connectivity index (χ1n) is 11.4. The minimum absolute atomic E-state index is 0.0624. The van der Waals surface area contributed by atoms with Gasteiger partial charge in [-0.15, -0.1) is 0 Å². The fourth-order valence-corrected chi connectivity index (χ4v) is 4.26. The zero-order valence-electron chi connectivity index (χ0n) is 20.7. The van der Waals surface area contributed by atoms with Gasteiger partial charge in [-0.05, 0) is 49.0 Å². The average molecular weight is 472 g/mol. The van der Waals surface area contributed by atoms with Crippen LogP contribution in [0, 0.1) is 34.5 Å². The highest BCUT2D eigenvalue weighted by molar-refractivity contribution is 6.74. The number of nitrogens with zero attached hydrogens (tertiary/aromatic N) is 2. The van der Waals surface area contributed by atoms with Crippen molar-refractivity contribution >= 4 is 20.1 Å². The van der Waals surface area contributed by atoms with Crippen LogP contribution in [-0.4, -0.2) is 33.8 Å². The molecule has 180 valence electrons. The molecular formula is C25H37N3O4Si. The molecule has 0 aliphatic heterocycles. The van der Waals surface area contributed by atoms with Crippen LogP contribution >= 0.6 is 0 Å². The summed E-state index contributed by atoms with van der Waals surface area (Å²) in [5.74, 6) is -2.05. The minimum Gasteiger partial charge on any atom is -0.496 e. The SMILES string of the molecule is COc1ccccc1C(=O)NC(=O)C[C@@H](CCCCCO[Si](C)(C)C(C)(C)C)C(C#N)C#N. The number of para-hydroxylation sites is 1. The molecule has 7 nitrogen and oxygen atoms in total. The topological polar surface area (TPSA) is 112 Å². The lowest BCUT2D eigenvalue weighted by atomic mass is 9.86. The van der Waals surface area contributed by atoms with Crippen molar-refractivity contribution in [3.63, 3.8) is 0 Å². The van der Waals surface area contributed by atoms with Crippen LogP contribution in [0.3, 0.4) is 0 Å². The summed E-state index contributed by atoms with van der Waals surface area (Å²) >= 11 is 0. The van der Waals surface area contributed by atoms with Gasteiger partial charge in [0.1, 0.15) is 11.7 Å². The molecule has 1 rings (SSSR count). The van der Waals surface area contributed by atoms with Crippen molar-refractivity contribution in [2.75, 3.05) is 13.7 Å². The van der Waals surface area contributed by atoms with Gasteiger partial charge in [-0.25, -0.2) is 0 Å². The number of nitrogens with one attached hydrogen (secondary N) is 1. The number of amides is 2. The third-order valence-corrected chi connectivity index (χ3v) is 10.8. The van der Waals surface area contributed by atoms with Crippen molar-refractivity contribution in [3.8, 4) is 17.9 Å². The lowest BCUT2D eigenvalue weighted by Crippen LogP contribution is -2.40. The van der Waals surface area contributed by atoms with E-state index in [1.807, 2.05) is 12.1 Å². The third-order valence-electron chi connectivity index (χ3n) is 6.29. The van der Waals surface area contributed by atoms with Crippen molar-refractivity contribution in [1.82, 2.24) is 5.32 Å². The molecule has 1 aromatic carbocycles. The number of hydrogen-bond donors (Lipinski definition) is 1. The van der Waals surface area contributed by atoms with Crippen LogP contribution < -0.4 is 10.1 Å². The zero-order valence-corrected chi connectivity index (χ0v) is 21.7. The number of hydrogen-bond acceptors (Lipinski definition) is 6. The lowest BCUT2D eigenvalue weighted by Gasteiger charge is -2.36. The Kier molecular flexibility index (Phi) is 11.3. The molecule has 0 aliphatic carbocycles. The van der Waals surface area contributed by atoms with E-state index in [0.29, 0.717) is 18.8 Å². The maximum absolute atomic E-state index is 12.5. The molecule has 33 heavy (non-hydrogen) atoms. The van der Waals surface area contributed by atoms with E-state index in [4.69, 9.17) is 9.16 Å². The molecule has 0 aliphatic rings. The first kappa shape index (κ1) is 28.3. The molecule has 0 saturated carbocycles. The van der Waals surface area contributed by atoms with Gasteiger partial charge in [-0.2, -0.15) is 10.5 Å². The lowest BCUT2D eigenvalue weighted by molar-refractivity contribution is -0.121. The Morgan fingerprint density at radius 3 is 2.30 bits per heavy atom. The molecule has 0 saturated heterocycles. The first-order valence-corrected chi connectivity index (χ1v) is 14.3. The van der Waals surface area contributed by atoms with Crippen LogP contribution in [0.2, 0.25) is 18.1 Å². The second-order valence-corrected chi connectivity index (χ2v) is 14.5. The summed E-state index contributed by atoms with van der Waals surface area (Å²) in [6.45, 7) is 11.7. The molecule has 1 atom stereocenters. The van der Waals surface area contributed by atoms with Crippen molar-refractivity contribution in [1.29, 1.82) is 10.5 Å². The standard InChI is InChI=1S/C25H37N3O4Si/c1-25(2,3)33(5,6)32-15-11-7-8-12-19(20(17-26)18-27)16-23(29)28-24(30)21-13-9-10-14-22(21)31-4/h9-10,13-14,19-20H,7-8,11-12,15-16H2,1-6H3,(H,28,29,30)/t19-/m1/s1. The molecule has 0 fully saturated rings. The van der Waals surface area contributed by atoms with Gasteiger partial charge < -0.3 is 9.16 Å². The van der Waals surface area contributed by atoms with E-state index < -0.39 is 32.0 Å². The van der Waals surface area contributed by atoms with Crippen molar-refractivity contribution in [3.05, 3.63) is 29.8 Å². The predicted octanol–water partition coefficient (Wildman–Crippen LogP) is 5.20. The highest BCUT2D eigenvalue weighted by atomic mass is 28.4. The van der Waals surface area contributed by atoms with Crippen LogP contribution in [0.25, 0.3) is 0 Å². The number of benzene rings is 1. The zero-order chi connectivity index (χ0) is 25.1. The quantitative estimate of drug-likeness (QED) is 0.331. The number of ether oxygens (including phenoxy) is 1. The van der Waals surface area contributed by atoms with Gasteiger partial charge in [0.15, 0.2) is 8.32 Å². The van der Waals surface area contributed by atoms with Gasteiger partial charge in [-0.1, -0.05) is 45.7 Å². The fraction of sp³-hybridized carbons (Fsp3) is 0.600. The van der Waals surface area contributed by atoms with Gasteiger partial charge in [0, 0.05) is 13.0 Å². The van der Waals surface area contributed by atoms with E-state index in [0.717, 1.165) is 19.3 Å². The summed E-state index contributed by atoms with van der Waals surface area (Å²) in [6.07, 6.45) is 3.05. The summed E-state index contributed by atoms with van der Waals surface area (Å²) in [6, 6.07) is 10.6. The van der Waals surface area contributed by atoms with Crippen molar-refractivity contribution in [2.45, 2.75) is 71.0 Å². The number of carbonyl (C=O) groups is 2. The normalized spacial score (nSPS) is 12.5. The second-order valence-electron chi connectivity index (χ2n) is 9.74. The van der Waals surface area contributed by atoms with Gasteiger partial charge in [0.25, 0.3) is 5.91 Å². The summed E-state index contributed by atoms with van der Waals surface area (Å²) in [7, 11) is -0.319. The molecular weight excluding hydrogens is 434 g/mol. The molecule has 2 amide bonds. The highest BCUT2D eigenvalue weighted by Crippen LogP contribution is 2.36. The van der Waals surface area contributed by atoms with E-state index in [9.17, 15) is 20.1 Å². The van der Waals surface area contributed by atoms with Crippen LogP contribution in [0.5, 0.6) is 5.75 Å².